The summed E-state index contributed by atoms with van der Waals surface area (Å²) in [6.07, 6.45) is 0. The molecule has 0 heterocycles. The summed E-state index contributed by atoms with van der Waals surface area (Å²) >= 11 is 0. The molecular weight excluding hydrogens is 312 g/mol. The smallest absolute Gasteiger partial charge is 0.00148 e. The average molecular weight is 334 g/mol. The van der Waals surface area contributed by atoms with E-state index >= 15 is 0 Å². The highest BCUT2D eigenvalue weighted by Crippen LogP contribution is 2.45. The molecule has 0 unspecified atom stereocenters. The first-order chi connectivity index (χ1) is 12.6. The lowest BCUT2D eigenvalue weighted by atomic mass is 9.81. The Morgan fingerprint density at radius 3 is 1.92 bits per heavy atom. The third-order valence-corrected chi connectivity index (χ3v) is 6.29. The van der Waals surface area contributed by atoms with E-state index in [0.717, 1.165) is 0 Å². The average Bonchev–Trinajstić information content (AvgIpc) is 2.68. The molecule has 0 amide bonds. The lowest BCUT2D eigenvalue weighted by Crippen LogP contribution is -1.98. The highest BCUT2D eigenvalue weighted by Gasteiger charge is 2.20. The van der Waals surface area contributed by atoms with Crippen molar-refractivity contribution in [3.63, 3.8) is 0 Å². The Morgan fingerprint density at radius 1 is 0.462 bits per heavy atom. The molecule has 0 atom stereocenters. The van der Waals surface area contributed by atoms with Crippen molar-refractivity contribution < 1.29 is 0 Å². The van der Waals surface area contributed by atoms with Crippen LogP contribution in [0.3, 0.4) is 0 Å². The van der Waals surface area contributed by atoms with E-state index in [9.17, 15) is 0 Å². The van der Waals surface area contributed by atoms with Gasteiger partial charge in [0.15, 0.2) is 0 Å². The zero-order valence-corrected chi connectivity index (χ0v) is 15.8. The fourth-order valence-corrected chi connectivity index (χ4v) is 4.70. The second kappa shape index (κ2) is 5.32. The SMILES string of the molecule is Cc1c(C)c2ccc3cccc4c(C)c(C)c(c1-c1ccccc1)c2c34. The summed E-state index contributed by atoms with van der Waals surface area (Å²) in [4.78, 5) is 0. The van der Waals surface area contributed by atoms with E-state index in [-0.39, 0.29) is 0 Å². The lowest BCUT2D eigenvalue weighted by molar-refractivity contribution is 1.36. The Labute approximate surface area is 154 Å². The Balaban J connectivity index is 2.17. The molecule has 0 N–H and O–H groups in total. The molecule has 0 saturated heterocycles. The van der Waals surface area contributed by atoms with Crippen LogP contribution in [0, 0.1) is 27.7 Å². The van der Waals surface area contributed by atoms with E-state index in [4.69, 9.17) is 0 Å². The van der Waals surface area contributed by atoms with Gasteiger partial charge in [-0.15, -0.1) is 0 Å². The van der Waals surface area contributed by atoms with Gasteiger partial charge in [0.05, 0.1) is 0 Å². The quantitative estimate of drug-likeness (QED) is 0.279. The van der Waals surface area contributed by atoms with Gasteiger partial charge < -0.3 is 0 Å². The van der Waals surface area contributed by atoms with Gasteiger partial charge in [-0.2, -0.15) is 0 Å². The first-order valence-corrected chi connectivity index (χ1v) is 9.32. The van der Waals surface area contributed by atoms with Crippen molar-refractivity contribution >= 4 is 32.3 Å². The number of rotatable bonds is 1. The first kappa shape index (κ1) is 15.4. The molecule has 26 heavy (non-hydrogen) atoms. The molecule has 126 valence electrons. The standard InChI is InChI=1S/C26H22/c1-15-17(3)23(19-9-6-5-7-10-19)24-18(4)16(2)21-12-8-11-20-13-14-22(15)26(24)25(20)21/h5-14H,1-4H3. The molecule has 0 spiro atoms. The fourth-order valence-electron chi connectivity index (χ4n) is 4.70. The number of hydrogen-bond donors (Lipinski definition) is 0. The molecule has 0 heteroatoms. The zero-order valence-electron chi connectivity index (χ0n) is 15.8. The summed E-state index contributed by atoms with van der Waals surface area (Å²) in [5.41, 5.74) is 8.30. The third-order valence-electron chi connectivity index (χ3n) is 6.29. The van der Waals surface area contributed by atoms with Crippen LogP contribution >= 0.6 is 0 Å². The van der Waals surface area contributed by atoms with E-state index in [0.29, 0.717) is 0 Å². The van der Waals surface area contributed by atoms with Gasteiger partial charge in [0.2, 0.25) is 0 Å². The van der Waals surface area contributed by atoms with E-state index in [2.05, 4.69) is 88.4 Å². The highest BCUT2D eigenvalue weighted by atomic mass is 14.2. The number of benzene rings is 5. The summed E-state index contributed by atoms with van der Waals surface area (Å²) in [6.45, 7) is 9.12. The van der Waals surface area contributed by atoms with Crippen LogP contribution in [0.15, 0.2) is 60.7 Å². The summed E-state index contributed by atoms with van der Waals surface area (Å²) in [5.74, 6) is 0. The molecule has 0 radical (unpaired) electrons. The lowest BCUT2D eigenvalue weighted by Gasteiger charge is -2.22. The summed E-state index contributed by atoms with van der Waals surface area (Å²) < 4.78 is 0. The Bertz CT molecular complexity index is 1290. The maximum Gasteiger partial charge on any atom is -0.00148 e. The second-order valence-electron chi connectivity index (χ2n) is 7.51. The molecule has 5 aromatic carbocycles. The molecule has 5 aromatic rings. The van der Waals surface area contributed by atoms with Crippen molar-refractivity contribution in [2.75, 3.05) is 0 Å². The van der Waals surface area contributed by atoms with E-state index < -0.39 is 0 Å². The predicted molar refractivity (Wildman–Crippen MR) is 115 cm³/mol. The van der Waals surface area contributed by atoms with Gasteiger partial charge in [0.1, 0.15) is 0 Å². The molecule has 0 fully saturated rings. The number of aryl methyl sites for hydroxylation is 3. The molecular formula is C26H22. The van der Waals surface area contributed by atoms with E-state index in [1.165, 1.54) is 65.7 Å². The summed E-state index contributed by atoms with van der Waals surface area (Å²) in [7, 11) is 0. The van der Waals surface area contributed by atoms with Crippen LogP contribution in [-0.4, -0.2) is 0 Å². The van der Waals surface area contributed by atoms with Crippen LogP contribution in [0.4, 0.5) is 0 Å². The van der Waals surface area contributed by atoms with Gasteiger partial charge in [-0.1, -0.05) is 60.7 Å². The van der Waals surface area contributed by atoms with Crippen LogP contribution in [-0.2, 0) is 0 Å². The van der Waals surface area contributed by atoms with Crippen molar-refractivity contribution in [3.05, 3.63) is 82.9 Å². The first-order valence-electron chi connectivity index (χ1n) is 9.32. The van der Waals surface area contributed by atoms with Crippen LogP contribution < -0.4 is 0 Å². The van der Waals surface area contributed by atoms with E-state index in [1.807, 2.05) is 0 Å². The molecule has 0 bridgehead atoms. The zero-order chi connectivity index (χ0) is 18.0. The van der Waals surface area contributed by atoms with Gasteiger partial charge in [-0.25, -0.2) is 0 Å². The molecule has 0 aliphatic carbocycles. The Morgan fingerprint density at radius 2 is 1.15 bits per heavy atom. The van der Waals surface area contributed by atoms with Gasteiger partial charge in [-0.05, 0) is 93.4 Å². The minimum atomic E-state index is 1.31. The minimum Gasteiger partial charge on any atom is -0.0622 e. The molecule has 0 saturated carbocycles. The van der Waals surface area contributed by atoms with Crippen molar-refractivity contribution in [1.82, 2.24) is 0 Å². The molecule has 0 aromatic heterocycles. The maximum atomic E-state index is 2.32. The fraction of sp³-hybridized carbons (Fsp3) is 0.154. The van der Waals surface area contributed by atoms with Gasteiger partial charge >= 0.3 is 0 Å². The topological polar surface area (TPSA) is 0 Å². The van der Waals surface area contributed by atoms with Crippen molar-refractivity contribution in [2.24, 2.45) is 0 Å². The molecule has 0 aliphatic heterocycles. The molecule has 0 nitrogen and oxygen atoms in total. The van der Waals surface area contributed by atoms with Crippen LogP contribution in [0.25, 0.3) is 43.4 Å². The Hall–Kier alpha value is -2.86. The second-order valence-corrected chi connectivity index (χ2v) is 7.51. The van der Waals surface area contributed by atoms with Crippen molar-refractivity contribution in [2.45, 2.75) is 27.7 Å². The number of hydrogen-bond acceptors (Lipinski definition) is 0. The van der Waals surface area contributed by atoms with Gasteiger partial charge in [-0.3, -0.25) is 0 Å². The molecule has 5 rings (SSSR count). The monoisotopic (exact) mass is 334 g/mol. The Kier molecular flexibility index (Phi) is 3.15. The van der Waals surface area contributed by atoms with Crippen LogP contribution in [0.5, 0.6) is 0 Å². The van der Waals surface area contributed by atoms with Crippen molar-refractivity contribution in [1.29, 1.82) is 0 Å². The predicted octanol–water partition coefficient (Wildman–Crippen LogP) is 7.48. The summed E-state index contributed by atoms with van der Waals surface area (Å²) in [6, 6.07) is 22.2. The maximum absolute atomic E-state index is 2.32. The summed E-state index contributed by atoms with van der Waals surface area (Å²) in [5, 5.41) is 8.40. The molecule has 0 aliphatic rings. The largest absolute Gasteiger partial charge is 0.0622 e. The van der Waals surface area contributed by atoms with Crippen molar-refractivity contribution in [3.8, 4) is 11.1 Å². The minimum absolute atomic E-state index is 1.31. The van der Waals surface area contributed by atoms with Gasteiger partial charge in [0.25, 0.3) is 0 Å². The highest BCUT2D eigenvalue weighted by molar-refractivity contribution is 6.28. The van der Waals surface area contributed by atoms with Crippen LogP contribution in [0.2, 0.25) is 0 Å². The van der Waals surface area contributed by atoms with E-state index in [1.54, 1.807) is 0 Å². The third kappa shape index (κ3) is 1.85. The normalized spacial score (nSPS) is 11.8. The van der Waals surface area contributed by atoms with Crippen LogP contribution in [0.1, 0.15) is 22.3 Å². The van der Waals surface area contributed by atoms with Gasteiger partial charge in [0, 0.05) is 0 Å².